The molecule has 0 fully saturated rings. The molecule has 0 saturated heterocycles. The number of nitrogens with one attached hydrogen (secondary N) is 2. The van der Waals surface area contributed by atoms with Crippen LogP contribution in [0.25, 0.3) is 0 Å². The molecule has 0 aliphatic heterocycles. The molecular weight excluding hydrogens is 257 g/mol. The number of aromatic nitrogens is 3. The molecule has 0 radical (unpaired) electrons. The van der Waals surface area contributed by atoms with Gasteiger partial charge in [-0.25, -0.2) is 4.39 Å². The molecule has 2 N–H and O–H groups in total. The number of benzene rings is 1. The molecule has 20 heavy (non-hydrogen) atoms. The van der Waals surface area contributed by atoms with Gasteiger partial charge in [-0.3, -0.25) is 0 Å². The Bertz CT molecular complexity index is 529. The highest BCUT2D eigenvalue weighted by atomic mass is 19.1. The number of nitrogens with zero attached hydrogens (tertiary/aromatic N) is 3. The largest absolute Gasteiger partial charge is 0.368 e. The summed E-state index contributed by atoms with van der Waals surface area (Å²) in [5.41, 5.74) is 1.07. The summed E-state index contributed by atoms with van der Waals surface area (Å²) in [6.07, 6.45) is 3.38. The van der Waals surface area contributed by atoms with E-state index in [9.17, 15) is 4.39 Å². The maximum Gasteiger partial charge on any atom is 0.244 e. The van der Waals surface area contributed by atoms with Crippen molar-refractivity contribution < 1.29 is 4.39 Å². The zero-order valence-electron chi connectivity index (χ0n) is 11.4. The van der Waals surface area contributed by atoms with E-state index in [2.05, 4.69) is 32.7 Å². The van der Waals surface area contributed by atoms with E-state index in [1.807, 2.05) is 0 Å². The fourth-order valence-corrected chi connectivity index (χ4v) is 1.69. The fourth-order valence-electron chi connectivity index (χ4n) is 1.69. The summed E-state index contributed by atoms with van der Waals surface area (Å²) in [6, 6.07) is 6.50. The monoisotopic (exact) mass is 275 g/mol. The Morgan fingerprint density at radius 1 is 1.10 bits per heavy atom. The predicted octanol–water partition coefficient (Wildman–Crippen LogP) is 2.49. The number of hydrogen-bond acceptors (Lipinski definition) is 5. The van der Waals surface area contributed by atoms with Crippen molar-refractivity contribution in [2.45, 2.75) is 19.8 Å². The first-order valence-electron chi connectivity index (χ1n) is 6.70. The van der Waals surface area contributed by atoms with E-state index in [1.54, 1.807) is 18.3 Å². The molecule has 0 saturated carbocycles. The molecule has 0 unspecified atom stereocenters. The van der Waals surface area contributed by atoms with Crippen LogP contribution in [-0.2, 0) is 6.42 Å². The summed E-state index contributed by atoms with van der Waals surface area (Å²) in [5, 5.41) is 14.0. The van der Waals surface area contributed by atoms with Gasteiger partial charge >= 0.3 is 0 Å². The lowest BCUT2D eigenvalue weighted by atomic mass is 10.1. The molecule has 1 aromatic heterocycles. The molecule has 2 aromatic rings. The van der Waals surface area contributed by atoms with Gasteiger partial charge in [-0.1, -0.05) is 19.1 Å². The third kappa shape index (κ3) is 4.46. The van der Waals surface area contributed by atoms with Crippen LogP contribution in [0.3, 0.4) is 0 Å². The Morgan fingerprint density at radius 3 is 2.65 bits per heavy atom. The topological polar surface area (TPSA) is 62.7 Å². The van der Waals surface area contributed by atoms with Crippen LogP contribution in [0.2, 0.25) is 0 Å². The van der Waals surface area contributed by atoms with Crippen molar-refractivity contribution in [1.82, 2.24) is 15.2 Å². The van der Waals surface area contributed by atoms with Gasteiger partial charge in [0.05, 0.1) is 6.20 Å². The first kappa shape index (κ1) is 14.2. The second-order valence-corrected chi connectivity index (χ2v) is 4.40. The normalized spacial score (nSPS) is 10.3. The van der Waals surface area contributed by atoms with Crippen LogP contribution in [-0.4, -0.2) is 28.3 Å². The van der Waals surface area contributed by atoms with E-state index in [-0.39, 0.29) is 5.82 Å². The van der Waals surface area contributed by atoms with Gasteiger partial charge in [0, 0.05) is 13.1 Å². The van der Waals surface area contributed by atoms with Crippen LogP contribution < -0.4 is 10.6 Å². The lowest BCUT2D eigenvalue weighted by Gasteiger charge is -2.07. The molecule has 1 heterocycles. The van der Waals surface area contributed by atoms with Crippen LogP contribution in [0, 0.1) is 5.82 Å². The Kier molecular flexibility index (Phi) is 5.23. The molecule has 0 spiro atoms. The number of hydrogen-bond donors (Lipinski definition) is 2. The Balaban J connectivity index is 1.82. The molecule has 0 bridgehead atoms. The van der Waals surface area contributed by atoms with Crippen LogP contribution in [0.15, 0.2) is 30.5 Å². The Labute approximate surface area is 117 Å². The van der Waals surface area contributed by atoms with E-state index in [4.69, 9.17) is 0 Å². The third-order valence-electron chi connectivity index (χ3n) is 2.72. The summed E-state index contributed by atoms with van der Waals surface area (Å²) < 4.78 is 12.8. The van der Waals surface area contributed by atoms with Crippen molar-refractivity contribution in [2.24, 2.45) is 0 Å². The van der Waals surface area contributed by atoms with Gasteiger partial charge in [-0.05, 0) is 30.5 Å². The maximum atomic E-state index is 12.8. The van der Waals surface area contributed by atoms with E-state index in [0.29, 0.717) is 18.3 Å². The van der Waals surface area contributed by atoms with Gasteiger partial charge in [0.15, 0.2) is 5.82 Å². The van der Waals surface area contributed by atoms with Crippen LogP contribution >= 0.6 is 0 Å². The van der Waals surface area contributed by atoms with E-state index in [1.165, 1.54) is 12.1 Å². The summed E-state index contributed by atoms with van der Waals surface area (Å²) >= 11 is 0. The molecule has 0 aliphatic carbocycles. The van der Waals surface area contributed by atoms with Gasteiger partial charge in [0.1, 0.15) is 5.82 Å². The smallest absolute Gasteiger partial charge is 0.244 e. The molecule has 2 rings (SSSR count). The van der Waals surface area contributed by atoms with Crippen molar-refractivity contribution in [3.8, 4) is 0 Å². The minimum Gasteiger partial charge on any atom is -0.368 e. The summed E-state index contributed by atoms with van der Waals surface area (Å²) in [6.45, 7) is 3.60. The van der Waals surface area contributed by atoms with Gasteiger partial charge in [0.25, 0.3) is 0 Å². The summed E-state index contributed by atoms with van der Waals surface area (Å²) in [5.74, 6) is 0.993. The fraction of sp³-hybridized carbons (Fsp3) is 0.357. The SMILES string of the molecule is CCCNc1nncc(NCCc2ccc(F)cc2)n1. The standard InChI is InChI=1S/C14H18FN5/c1-2-8-17-14-19-13(10-18-20-14)16-9-7-11-3-5-12(15)6-4-11/h3-6,10H,2,7-9H2,1H3,(H2,16,17,19,20). The quantitative estimate of drug-likeness (QED) is 0.813. The van der Waals surface area contributed by atoms with E-state index >= 15 is 0 Å². The summed E-state index contributed by atoms with van der Waals surface area (Å²) in [4.78, 5) is 4.30. The lowest BCUT2D eigenvalue weighted by Crippen LogP contribution is -2.10. The first-order valence-corrected chi connectivity index (χ1v) is 6.70. The van der Waals surface area contributed by atoms with E-state index < -0.39 is 0 Å². The zero-order chi connectivity index (χ0) is 14.2. The van der Waals surface area contributed by atoms with Crippen molar-refractivity contribution >= 4 is 11.8 Å². The lowest BCUT2D eigenvalue weighted by molar-refractivity contribution is 0.627. The van der Waals surface area contributed by atoms with Gasteiger partial charge in [0.2, 0.25) is 5.95 Å². The molecule has 1 aromatic carbocycles. The second kappa shape index (κ2) is 7.37. The van der Waals surface area contributed by atoms with Crippen LogP contribution in [0.1, 0.15) is 18.9 Å². The number of halogens is 1. The average Bonchev–Trinajstić information content (AvgIpc) is 2.48. The van der Waals surface area contributed by atoms with Gasteiger partial charge in [-0.2, -0.15) is 10.1 Å². The molecule has 6 heteroatoms. The summed E-state index contributed by atoms with van der Waals surface area (Å²) in [7, 11) is 0. The highest BCUT2D eigenvalue weighted by molar-refractivity contribution is 5.37. The second-order valence-electron chi connectivity index (χ2n) is 4.40. The molecular formula is C14H18FN5. The molecule has 0 atom stereocenters. The van der Waals surface area contributed by atoms with Crippen molar-refractivity contribution in [3.63, 3.8) is 0 Å². The van der Waals surface area contributed by atoms with Gasteiger partial charge < -0.3 is 10.6 Å². The van der Waals surface area contributed by atoms with Crippen molar-refractivity contribution in [2.75, 3.05) is 23.7 Å². The maximum absolute atomic E-state index is 12.8. The van der Waals surface area contributed by atoms with Crippen LogP contribution in [0.4, 0.5) is 16.2 Å². The molecule has 0 aliphatic rings. The Morgan fingerprint density at radius 2 is 1.90 bits per heavy atom. The predicted molar refractivity (Wildman–Crippen MR) is 77.2 cm³/mol. The van der Waals surface area contributed by atoms with Crippen LogP contribution in [0.5, 0.6) is 0 Å². The number of rotatable bonds is 7. The van der Waals surface area contributed by atoms with Gasteiger partial charge in [-0.15, -0.1) is 5.10 Å². The zero-order valence-corrected chi connectivity index (χ0v) is 11.4. The molecule has 0 amide bonds. The minimum absolute atomic E-state index is 0.214. The van der Waals surface area contributed by atoms with E-state index in [0.717, 1.165) is 24.9 Å². The van der Waals surface area contributed by atoms with Crippen molar-refractivity contribution in [1.29, 1.82) is 0 Å². The highest BCUT2D eigenvalue weighted by Crippen LogP contribution is 2.06. The average molecular weight is 275 g/mol. The molecule has 5 nitrogen and oxygen atoms in total. The number of anilines is 2. The third-order valence-corrected chi connectivity index (χ3v) is 2.72. The molecule has 106 valence electrons. The Hall–Kier alpha value is -2.24. The van der Waals surface area contributed by atoms with Crippen molar-refractivity contribution in [3.05, 3.63) is 41.8 Å². The highest BCUT2D eigenvalue weighted by Gasteiger charge is 2.00. The first-order chi connectivity index (χ1) is 9.78. The minimum atomic E-state index is -0.214.